The van der Waals surface area contributed by atoms with Crippen LogP contribution in [0.1, 0.15) is 34.6 Å². The van der Waals surface area contributed by atoms with E-state index in [4.69, 9.17) is 14.6 Å². The number of fused-ring (bicyclic) bond motifs is 1. The summed E-state index contributed by atoms with van der Waals surface area (Å²) >= 11 is 1.56. The van der Waals surface area contributed by atoms with Crippen molar-refractivity contribution in [1.82, 2.24) is 9.78 Å². The van der Waals surface area contributed by atoms with E-state index in [0.717, 1.165) is 40.4 Å². The van der Waals surface area contributed by atoms with Crippen molar-refractivity contribution in [2.24, 2.45) is 0 Å². The minimum Gasteiger partial charge on any atom is -0.497 e. The molecule has 7 heteroatoms. The molecule has 2 heterocycles. The fraction of sp³-hybridized carbons (Fsp3) is 0.304. The Kier molecular flexibility index (Phi) is 5.72. The maximum absolute atomic E-state index is 12.6. The molecule has 1 N–H and O–H groups in total. The summed E-state index contributed by atoms with van der Waals surface area (Å²) in [6.45, 7) is 4.11. The normalized spacial score (nSPS) is 15.9. The van der Waals surface area contributed by atoms with Crippen LogP contribution in [-0.4, -0.2) is 35.7 Å². The molecule has 0 radical (unpaired) electrons. The number of hydrogen-bond donors (Lipinski definition) is 1. The van der Waals surface area contributed by atoms with Gasteiger partial charge in [0.25, 0.3) is 0 Å². The summed E-state index contributed by atoms with van der Waals surface area (Å²) in [5, 5.41) is 7.74. The van der Waals surface area contributed by atoms with Crippen LogP contribution in [0.2, 0.25) is 0 Å². The van der Waals surface area contributed by atoms with E-state index < -0.39 is 0 Å². The predicted octanol–water partition coefficient (Wildman–Crippen LogP) is 4.54. The molecule has 0 bridgehead atoms. The fourth-order valence-corrected chi connectivity index (χ4v) is 4.94. The Bertz CT molecular complexity index is 1080. The SMILES string of the molecule is CCc1ccc(-n2nc(C)c3c2NC(=O)CS[C@H]3c2cc(OC)ccc2OC)cc1. The molecule has 30 heavy (non-hydrogen) atoms. The number of nitrogens with one attached hydrogen (secondary N) is 1. The predicted molar refractivity (Wildman–Crippen MR) is 120 cm³/mol. The van der Waals surface area contributed by atoms with Crippen molar-refractivity contribution in [3.05, 3.63) is 64.8 Å². The van der Waals surface area contributed by atoms with E-state index in [9.17, 15) is 4.79 Å². The molecule has 0 saturated carbocycles. The van der Waals surface area contributed by atoms with E-state index in [1.165, 1.54) is 5.56 Å². The quantitative estimate of drug-likeness (QED) is 0.653. The molecule has 156 valence electrons. The third-order valence-electron chi connectivity index (χ3n) is 5.32. The average molecular weight is 424 g/mol. The lowest BCUT2D eigenvalue weighted by Gasteiger charge is -2.19. The number of thioether (sulfide) groups is 1. The first-order valence-electron chi connectivity index (χ1n) is 9.88. The molecule has 0 aliphatic carbocycles. The summed E-state index contributed by atoms with van der Waals surface area (Å²) in [5.74, 6) is 2.51. The molecular weight excluding hydrogens is 398 g/mol. The molecule has 4 rings (SSSR count). The highest BCUT2D eigenvalue weighted by Gasteiger charge is 2.32. The van der Waals surface area contributed by atoms with Crippen LogP contribution >= 0.6 is 11.8 Å². The standard InChI is InChI=1S/C23H25N3O3S/c1-5-15-6-8-16(9-7-15)26-23-21(14(2)25-26)22(30-13-20(27)24-23)18-12-17(28-3)10-11-19(18)29-4/h6-12,22H,5,13H2,1-4H3,(H,24,27)/t22-/m0/s1. The van der Waals surface area contributed by atoms with Gasteiger partial charge in [0.2, 0.25) is 5.91 Å². The van der Waals surface area contributed by atoms with Gasteiger partial charge in [-0.3, -0.25) is 4.79 Å². The topological polar surface area (TPSA) is 65.4 Å². The number of ether oxygens (including phenoxy) is 2. The number of anilines is 1. The first-order chi connectivity index (χ1) is 14.5. The van der Waals surface area contributed by atoms with E-state index in [1.54, 1.807) is 26.0 Å². The molecule has 0 unspecified atom stereocenters. The highest BCUT2D eigenvalue weighted by molar-refractivity contribution is 8.00. The minimum absolute atomic E-state index is 0.0445. The van der Waals surface area contributed by atoms with E-state index in [2.05, 4.69) is 24.4 Å². The van der Waals surface area contributed by atoms with Crippen LogP contribution in [0.4, 0.5) is 5.82 Å². The molecule has 0 spiro atoms. The summed E-state index contributed by atoms with van der Waals surface area (Å²) < 4.78 is 12.9. The van der Waals surface area contributed by atoms with Crippen LogP contribution in [0, 0.1) is 6.92 Å². The fourth-order valence-electron chi connectivity index (χ4n) is 3.73. The van der Waals surface area contributed by atoms with Gasteiger partial charge in [-0.2, -0.15) is 5.10 Å². The smallest absolute Gasteiger partial charge is 0.235 e. The van der Waals surface area contributed by atoms with Crippen LogP contribution in [0.3, 0.4) is 0 Å². The zero-order chi connectivity index (χ0) is 21.3. The molecule has 1 aliphatic heterocycles. The van der Waals surface area contributed by atoms with Gasteiger partial charge in [0.15, 0.2) is 0 Å². The highest BCUT2D eigenvalue weighted by Crippen LogP contribution is 2.47. The van der Waals surface area contributed by atoms with Crippen LogP contribution < -0.4 is 14.8 Å². The maximum Gasteiger partial charge on any atom is 0.235 e. The van der Waals surface area contributed by atoms with Gasteiger partial charge >= 0.3 is 0 Å². The first kappa shape index (κ1) is 20.3. The zero-order valence-electron chi connectivity index (χ0n) is 17.6. The minimum atomic E-state index is -0.118. The number of carbonyl (C=O) groups is 1. The number of aromatic nitrogens is 2. The van der Waals surface area contributed by atoms with Crippen LogP contribution in [-0.2, 0) is 11.2 Å². The molecule has 1 amide bonds. The number of carbonyl (C=O) groups excluding carboxylic acids is 1. The Morgan fingerprint density at radius 2 is 1.93 bits per heavy atom. The Morgan fingerprint density at radius 1 is 1.17 bits per heavy atom. The van der Waals surface area contributed by atoms with Gasteiger partial charge in [0, 0.05) is 11.1 Å². The number of hydrogen-bond acceptors (Lipinski definition) is 5. The molecule has 0 fully saturated rings. The second kappa shape index (κ2) is 8.44. The average Bonchev–Trinajstić information content (AvgIpc) is 2.98. The second-order valence-corrected chi connectivity index (χ2v) is 8.22. The van der Waals surface area contributed by atoms with Crippen LogP contribution in [0.25, 0.3) is 5.69 Å². The summed E-state index contributed by atoms with van der Waals surface area (Å²) in [7, 11) is 3.30. The lowest BCUT2D eigenvalue weighted by molar-refractivity contribution is -0.113. The lowest BCUT2D eigenvalue weighted by Crippen LogP contribution is -2.15. The monoisotopic (exact) mass is 423 g/mol. The van der Waals surface area contributed by atoms with Crippen molar-refractivity contribution in [2.45, 2.75) is 25.5 Å². The zero-order valence-corrected chi connectivity index (χ0v) is 18.4. The largest absolute Gasteiger partial charge is 0.497 e. The third-order valence-corrected chi connectivity index (χ3v) is 6.57. The molecular formula is C23H25N3O3S. The van der Waals surface area contributed by atoms with Gasteiger partial charge < -0.3 is 14.8 Å². The van der Waals surface area contributed by atoms with Gasteiger partial charge in [0.1, 0.15) is 17.3 Å². The summed E-state index contributed by atoms with van der Waals surface area (Å²) in [6, 6.07) is 14.0. The number of benzene rings is 2. The summed E-state index contributed by atoms with van der Waals surface area (Å²) in [6.07, 6.45) is 0.974. The Morgan fingerprint density at radius 3 is 2.60 bits per heavy atom. The Labute approximate surface area is 180 Å². The maximum atomic E-state index is 12.6. The van der Waals surface area contributed by atoms with Crippen molar-refractivity contribution >= 4 is 23.5 Å². The van der Waals surface area contributed by atoms with Gasteiger partial charge in [0.05, 0.1) is 36.6 Å². The lowest BCUT2D eigenvalue weighted by atomic mass is 10.0. The molecule has 1 atom stereocenters. The number of amides is 1. The molecule has 6 nitrogen and oxygen atoms in total. The Hall–Kier alpha value is -2.93. The van der Waals surface area contributed by atoms with E-state index in [1.807, 2.05) is 41.9 Å². The van der Waals surface area contributed by atoms with E-state index in [0.29, 0.717) is 11.6 Å². The number of methoxy groups -OCH3 is 2. The number of nitrogens with zero attached hydrogens (tertiary/aromatic N) is 2. The Balaban J connectivity index is 1.88. The third kappa shape index (κ3) is 3.65. The van der Waals surface area contributed by atoms with Crippen LogP contribution in [0.5, 0.6) is 11.5 Å². The van der Waals surface area contributed by atoms with Crippen molar-refractivity contribution in [3.8, 4) is 17.2 Å². The second-order valence-electron chi connectivity index (χ2n) is 7.13. The van der Waals surface area contributed by atoms with Gasteiger partial charge in [-0.05, 0) is 49.2 Å². The number of rotatable bonds is 5. The van der Waals surface area contributed by atoms with Crippen molar-refractivity contribution in [1.29, 1.82) is 0 Å². The van der Waals surface area contributed by atoms with Gasteiger partial charge in [-0.1, -0.05) is 19.1 Å². The molecule has 1 aliphatic rings. The first-order valence-corrected chi connectivity index (χ1v) is 10.9. The highest BCUT2D eigenvalue weighted by atomic mass is 32.2. The van der Waals surface area contributed by atoms with Gasteiger partial charge in [-0.15, -0.1) is 11.8 Å². The van der Waals surface area contributed by atoms with E-state index in [-0.39, 0.29) is 11.2 Å². The molecule has 1 aromatic heterocycles. The van der Waals surface area contributed by atoms with Crippen molar-refractivity contribution in [3.63, 3.8) is 0 Å². The summed E-state index contributed by atoms with van der Waals surface area (Å²) in [5.41, 5.74) is 4.99. The summed E-state index contributed by atoms with van der Waals surface area (Å²) in [4.78, 5) is 12.6. The molecule has 0 saturated heterocycles. The van der Waals surface area contributed by atoms with Crippen molar-refractivity contribution in [2.75, 3.05) is 25.3 Å². The van der Waals surface area contributed by atoms with Crippen molar-refractivity contribution < 1.29 is 14.3 Å². The number of aryl methyl sites for hydroxylation is 2. The van der Waals surface area contributed by atoms with Gasteiger partial charge in [-0.25, -0.2) is 4.68 Å². The molecule has 2 aromatic carbocycles. The van der Waals surface area contributed by atoms with Crippen LogP contribution in [0.15, 0.2) is 42.5 Å². The van der Waals surface area contributed by atoms with E-state index >= 15 is 0 Å². The molecule has 3 aromatic rings.